The van der Waals surface area contributed by atoms with Crippen molar-refractivity contribution >= 4 is 50.5 Å². The quantitative estimate of drug-likeness (QED) is 0.289. The van der Waals surface area contributed by atoms with E-state index in [1.54, 1.807) is 7.05 Å². The second-order valence-corrected chi connectivity index (χ2v) is 7.75. The first kappa shape index (κ1) is 19.7. The number of benzene rings is 2. The second kappa shape index (κ2) is 8.44. The van der Waals surface area contributed by atoms with Crippen LogP contribution in [-0.4, -0.2) is 28.3 Å². The van der Waals surface area contributed by atoms with Crippen molar-refractivity contribution in [3.8, 4) is 22.4 Å². The molecule has 0 bridgehead atoms. The van der Waals surface area contributed by atoms with E-state index in [4.69, 9.17) is 18.0 Å². The summed E-state index contributed by atoms with van der Waals surface area (Å²) >= 11 is 6.18. The van der Waals surface area contributed by atoms with E-state index in [9.17, 15) is 4.79 Å². The smallest absolute Gasteiger partial charge is 0.281 e. The number of amides is 1. The molecule has 2 aromatic heterocycles. The van der Waals surface area contributed by atoms with Crippen LogP contribution in [0.5, 0.6) is 0 Å². The van der Waals surface area contributed by atoms with Gasteiger partial charge in [0.25, 0.3) is 5.91 Å². The van der Waals surface area contributed by atoms with Crippen molar-refractivity contribution in [2.75, 3.05) is 12.8 Å². The number of anilines is 1. The van der Waals surface area contributed by atoms with Gasteiger partial charge < -0.3 is 11.1 Å². The summed E-state index contributed by atoms with van der Waals surface area (Å²) in [6.45, 7) is 0. The lowest BCUT2D eigenvalue weighted by Gasteiger charge is -2.11. The van der Waals surface area contributed by atoms with Crippen LogP contribution in [0.25, 0.3) is 32.6 Å². The summed E-state index contributed by atoms with van der Waals surface area (Å²) < 4.78 is 0. The largest absolute Gasteiger partial charge is 0.397 e. The van der Waals surface area contributed by atoms with E-state index in [2.05, 4.69) is 26.4 Å². The first-order chi connectivity index (χ1) is 14.6. The Morgan fingerprint density at radius 2 is 1.60 bits per heavy atom. The zero-order valence-corrected chi connectivity index (χ0v) is 17.6. The number of hydrogen-bond donors (Lipinski definition) is 4. The Balaban J connectivity index is 1.90. The number of thiocarbonyl (C=S) groups is 1. The predicted molar refractivity (Wildman–Crippen MR) is 125 cm³/mol. The molecule has 0 radical (unpaired) electrons. The molecule has 0 fully saturated rings. The minimum absolute atomic E-state index is 0.291. The van der Waals surface area contributed by atoms with Gasteiger partial charge in [-0.15, -0.1) is 21.5 Å². The minimum atomic E-state index is -0.395. The maximum absolute atomic E-state index is 12.7. The number of nitrogen functional groups attached to an aromatic ring is 1. The number of nitrogens with one attached hydrogen (secondary N) is 3. The Bertz CT molecular complexity index is 1220. The van der Waals surface area contributed by atoms with Crippen molar-refractivity contribution in [3.63, 3.8) is 0 Å². The van der Waals surface area contributed by atoms with E-state index in [1.807, 2.05) is 60.7 Å². The first-order valence-electron chi connectivity index (χ1n) is 9.07. The lowest BCUT2D eigenvalue weighted by atomic mass is 9.96. The van der Waals surface area contributed by atoms with Crippen LogP contribution in [0.4, 0.5) is 5.69 Å². The molecule has 5 N–H and O–H groups in total. The minimum Gasteiger partial charge on any atom is -0.397 e. The predicted octanol–water partition coefficient (Wildman–Crippen LogP) is 3.35. The summed E-state index contributed by atoms with van der Waals surface area (Å²) in [6.07, 6.45) is 0. The lowest BCUT2D eigenvalue weighted by molar-refractivity contribution is 0.0948. The van der Waals surface area contributed by atoms with Gasteiger partial charge in [-0.2, -0.15) is 0 Å². The Morgan fingerprint density at radius 1 is 0.967 bits per heavy atom. The van der Waals surface area contributed by atoms with Crippen LogP contribution in [0.2, 0.25) is 0 Å². The van der Waals surface area contributed by atoms with Gasteiger partial charge in [0.05, 0.1) is 5.69 Å². The third-order valence-electron chi connectivity index (χ3n) is 4.49. The fraction of sp³-hybridized carbons (Fsp3) is 0.0476. The van der Waals surface area contributed by atoms with Crippen molar-refractivity contribution in [2.45, 2.75) is 0 Å². The molecule has 0 atom stereocenters. The molecule has 4 aromatic rings. The summed E-state index contributed by atoms with van der Waals surface area (Å²) in [5.74, 6) is -0.395. The standard InChI is InChI=1S/C21H18N6OS2/c1-23-21(29)27-25-19(28)18-16(22)15-14(12-8-4-2-5-9-12)17(24-26-20(15)30-18)13-10-6-3-7-11-13/h2-11H,22H2,1H3,(H,25,28)(H2,23,27,29). The molecule has 150 valence electrons. The van der Waals surface area contributed by atoms with Gasteiger partial charge >= 0.3 is 0 Å². The first-order valence-corrected chi connectivity index (χ1v) is 10.3. The molecular formula is C21H18N6OS2. The van der Waals surface area contributed by atoms with E-state index >= 15 is 0 Å². The Labute approximate surface area is 182 Å². The number of hydrogen-bond acceptors (Lipinski definition) is 6. The number of aromatic nitrogens is 2. The zero-order valence-electron chi connectivity index (χ0n) is 16.0. The van der Waals surface area contributed by atoms with Gasteiger partial charge in [0.2, 0.25) is 0 Å². The highest BCUT2D eigenvalue weighted by Gasteiger charge is 2.23. The van der Waals surface area contributed by atoms with Gasteiger partial charge in [0.1, 0.15) is 15.4 Å². The van der Waals surface area contributed by atoms with Gasteiger partial charge in [-0.05, 0) is 17.8 Å². The van der Waals surface area contributed by atoms with Crippen molar-refractivity contribution in [1.29, 1.82) is 0 Å². The zero-order chi connectivity index (χ0) is 21.1. The van der Waals surface area contributed by atoms with Crippen LogP contribution in [0.15, 0.2) is 60.7 Å². The molecule has 1 amide bonds. The molecule has 4 rings (SSSR count). The van der Waals surface area contributed by atoms with Gasteiger partial charge in [0.15, 0.2) is 5.11 Å². The van der Waals surface area contributed by atoms with Gasteiger partial charge in [-0.1, -0.05) is 60.7 Å². The molecule has 0 aliphatic heterocycles. The summed E-state index contributed by atoms with van der Waals surface area (Å²) in [6, 6.07) is 19.6. The second-order valence-electron chi connectivity index (χ2n) is 6.34. The number of hydrazine groups is 1. The van der Waals surface area contributed by atoms with E-state index in [-0.39, 0.29) is 0 Å². The van der Waals surface area contributed by atoms with Crippen molar-refractivity contribution in [1.82, 2.24) is 26.4 Å². The molecule has 2 heterocycles. The van der Waals surface area contributed by atoms with Crippen molar-refractivity contribution in [2.24, 2.45) is 0 Å². The molecule has 0 aliphatic rings. The average molecular weight is 435 g/mol. The van der Waals surface area contributed by atoms with Crippen LogP contribution in [0.1, 0.15) is 9.67 Å². The number of rotatable bonds is 3. The summed E-state index contributed by atoms with van der Waals surface area (Å²) in [7, 11) is 1.65. The number of thiophene rings is 1. The molecule has 0 saturated carbocycles. The molecule has 9 heteroatoms. The maximum Gasteiger partial charge on any atom is 0.281 e. The van der Waals surface area contributed by atoms with Crippen LogP contribution in [0, 0.1) is 0 Å². The number of carbonyl (C=O) groups is 1. The molecule has 0 saturated heterocycles. The van der Waals surface area contributed by atoms with Gasteiger partial charge in [-0.25, -0.2) is 0 Å². The van der Waals surface area contributed by atoms with Crippen molar-refractivity contribution < 1.29 is 4.79 Å². The highest BCUT2D eigenvalue weighted by molar-refractivity contribution is 7.80. The Hall–Kier alpha value is -3.56. The third kappa shape index (κ3) is 3.68. The molecule has 0 aliphatic carbocycles. The van der Waals surface area contributed by atoms with Crippen LogP contribution in [0.3, 0.4) is 0 Å². The summed E-state index contributed by atoms with van der Waals surface area (Å²) in [4.78, 5) is 13.6. The SMILES string of the molecule is CNC(=S)NNC(=O)c1sc2nnc(-c3ccccc3)c(-c3ccccc3)c2c1N. The molecule has 7 nitrogen and oxygen atoms in total. The summed E-state index contributed by atoms with van der Waals surface area (Å²) in [5.41, 5.74) is 15.4. The number of fused-ring (bicyclic) bond motifs is 1. The van der Waals surface area contributed by atoms with E-state index in [0.29, 0.717) is 31.6 Å². The molecule has 2 aromatic carbocycles. The number of nitrogens with zero attached hydrogens (tertiary/aromatic N) is 2. The number of carbonyl (C=O) groups excluding carboxylic acids is 1. The van der Waals surface area contributed by atoms with Crippen LogP contribution in [-0.2, 0) is 0 Å². The number of nitrogens with two attached hydrogens (primary N) is 1. The molecule has 30 heavy (non-hydrogen) atoms. The normalized spacial score (nSPS) is 10.6. The Kier molecular flexibility index (Phi) is 5.55. The van der Waals surface area contributed by atoms with E-state index < -0.39 is 5.91 Å². The highest BCUT2D eigenvalue weighted by Crippen LogP contribution is 2.42. The fourth-order valence-electron chi connectivity index (χ4n) is 3.09. The molecular weight excluding hydrogens is 416 g/mol. The average Bonchev–Trinajstić information content (AvgIpc) is 3.14. The maximum atomic E-state index is 12.7. The van der Waals surface area contributed by atoms with Gasteiger partial charge in [0, 0.05) is 23.6 Å². The third-order valence-corrected chi connectivity index (χ3v) is 5.88. The topological polar surface area (TPSA) is 105 Å². The Morgan fingerprint density at radius 3 is 2.23 bits per heavy atom. The van der Waals surface area contributed by atoms with Crippen molar-refractivity contribution in [3.05, 3.63) is 65.5 Å². The highest BCUT2D eigenvalue weighted by atomic mass is 32.1. The fourth-order valence-corrected chi connectivity index (χ4v) is 4.09. The lowest BCUT2D eigenvalue weighted by Crippen LogP contribution is -2.45. The van der Waals surface area contributed by atoms with Gasteiger partial charge in [-0.3, -0.25) is 15.6 Å². The van der Waals surface area contributed by atoms with E-state index in [1.165, 1.54) is 11.3 Å². The van der Waals surface area contributed by atoms with Crippen LogP contribution < -0.4 is 21.9 Å². The summed E-state index contributed by atoms with van der Waals surface area (Å²) in [5, 5.41) is 12.6. The molecule has 0 unspecified atom stereocenters. The molecule has 0 spiro atoms. The van der Waals surface area contributed by atoms with E-state index in [0.717, 1.165) is 16.7 Å². The van der Waals surface area contributed by atoms with Crippen LogP contribution >= 0.6 is 23.6 Å². The monoisotopic (exact) mass is 434 g/mol.